The molecule has 0 spiro atoms. The zero-order valence-electron chi connectivity index (χ0n) is 16.3. The Labute approximate surface area is 167 Å². The standard InChI is InChI=1S/C22H20N2O5/c1-13(28-20(26)18-12-14-8-4-7-11-17(14)29-18)19(25)24-16-10-6-5-9-15(16)23-21(27)22(24,2)3/h4-13H,1-3H3,(H,23,27)/t13-/m1/s1. The van der Waals surface area contributed by atoms with Gasteiger partial charge in [-0.1, -0.05) is 30.3 Å². The Morgan fingerprint density at radius 3 is 2.55 bits per heavy atom. The largest absolute Gasteiger partial charge is 0.449 e. The quantitative estimate of drug-likeness (QED) is 0.686. The highest BCUT2D eigenvalue weighted by molar-refractivity contribution is 6.15. The zero-order valence-corrected chi connectivity index (χ0v) is 16.3. The summed E-state index contributed by atoms with van der Waals surface area (Å²) < 4.78 is 10.9. The molecule has 1 aliphatic heterocycles. The second-order valence-corrected chi connectivity index (χ2v) is 7.40. The zero-order chi connectivity index (χ0) is 20.8. The number of anilines is 2. The van der Waals surface area contributed by atoms with Crippen LogP contribution in [0.2, 0.25) is 0 Å². The molecule has 29 heavy (non-hydrogen) atoms. The molecule has 0 aliphatic carbocycles. The predicted octanol–water partition coefficient (Wildman–Crippen LogP) is 3.74. The Bertz CT molecular complexity index is 1100. The van der Waals surface area contributed by atoms with Crippen LogP contribution in [-0.2, 0) is 14.3 Å². The molecular formula is C22H20N2O5. The average molecular weight is 392 g/mol. The lowest BCUT2D eigenvalue weighted by Crippen LogP contribution is -2.60. The van der Waals surface area contributed by atoms with Crippen molar-refractivity contribution in [2.45, 2.75) is 32.4 Å². The lowest BCUT2D eigenvalue weighted by atomic mass is 9.95. The molecule has 7 heteroatoms. The number of nitrogens with zero attached hydrogens (tertiary/aromatic N) is 1. The fourth-order valence-electron chi connectivity index (χ4n) is 3.38. The summed E-state index contributed by atoms with van der Waals surface area (Å²) in [4.78, 5) is 39.6. The minimum Gasteiger partial charge on any atom is -0.449 e. The van der Waals surface area contributed by atoms with Gasteiger partial charge in [0.25, 0.3) is 5.91 Å². The average Bonchev–Trinajstić information content (AvgIpc) is 3.13. The van der Waals surface area contributed by atoms with E-state index in [2.05, 4.69) is 5.32 Å². The van der Waals surface area contributed by atoms with Crippen LogP contribution in [0.3, 0.4) is 0 Å². The Hall–Kier alpha value is -3.61. The van der Waals surface area contributed by atoms with E-state index >= 15 is 0 Å². The molecular weight excluding hydrogens is 372 g/mol. The number of rotatable bonds is 3. The van der Waals surface area contributed by atoms with Crippen LogP contribution in [0.1, 0.15) is 31.3 Å². The number of benzene rings is 2. The number of esters is 1. The molecule has 3 aromatic rings. The van der Waals surface area contributed by atoms with Crippen molar-refractivity contribution in [2.24, 2.45) is 0 Å². The van der Waals surface area contributed by atoms with Gasteiger partial charge in [-0.25, -0.2) is 4.79 Å². The molecule has 7 nitrogen and oxygen atoms in total. The smallest absolute Gasteiger partial charge is 0.375 e. The molecule has 1 aromatic heterocycles. The lowest BCUT2D eigenvalue weighted by molar-refractivity contribution is -0.131. The van der Waals surface area contributed by atoms with E-state index in [4.69, 9.17) is 9.15 Å². The Morgan fingerprint density at radius 2 is 1.79 bits per heavy atom. The highest BCUT2D eigenvalue weighted by Crippen LogP contribution is 2.37. The minimum atomic E-state index is -1.15. The first-order valence-corrected chi connectivity index (χ1v) is 9.23. The fraction of sp³-hybridized carbons (Fsp3) is 0.227. The van der Waals surface area contributed by atoms with Crippen molar-refractivity contribution in [1.29, 1.82) is 0 Å². The van der Waals surface area contributed by atoms with Gasteiger partial charge in [0.1, 0.15) is 11.1 Å². The number of nitrogens with one attached hydrogen (secondary N) is 1. The number of hydrogen-bond donors (Lipinski definition) is 1. The van der Waals surface area contributed by atoms with E-state index in [-0.39, 0.29) is 11.7 Å². The number of furan rings is 1. The van der Waals surface area contributed by atoms with Gasteiger partial charge in [0.15, 0.2) is 6.10 Å². The van der Waals surface area contributed by atoms with Gasteiger partial charge in [-0.15, -0.1) is 0 Å². The number of para-hydroxylation sites is 3. The van der Waals surface area contributed by atoms with Crippen molar-refractivity contribution >= 4 is 40.1 Å². The summed E-state index contributed by atoms with van der Waals surface area (Å²) in [7, 11) is 0. The molecule has 1 atom stereocenters. The highest BCUT2D eigenvalue weighted by atomic mass is 16.6. The van der Waals surface area contributed by atoms with Crippen molar-refractivity contribution in [3.63, 3.8) is 0 Å². The van der Waals surface area contributed by atoms with Crippen LogP contribution >= 0.6 is 0 Å². The van der Waals surface area contributed by atoms with E-state index in [0.29, 0.717) is 17.0 Å². The van der Waals surface area contributed by atoms with Gasteiger partial charge in [-0.2, -0.15) is 0 Å². The van der Waals surface area contributed by atoms with Crippen molar-refractivity contribution in [2.75, 3.05) is 10.2 Å². The molecule has 0 unspecified atom stereocenters. The number of fused-ring (bicyclic) bond motifs is 2. The van der Waals surface area contributed by atoms with E-state index in [1.165, 1.54) is 11.8 Å². The summed E-state index contributed by atoms with van der Waals surface area (Å²) in [5, 5.41) is 3.56. The van der Waals surface area contributed by atoms with Crippen molar-refractivity contribution in [3.8, 4) is 0 Å². The molecule has 2 amide bonds. The molecule has 1 N–H and O–H groups in total. The van der Waals surface area contributed by atoms with Crippen LogP contribution in [-0.4, -0.2) is 29.4 Å². The number of ether oxygens (including phenoxy) is 1. The molecule has 0 saturated heterocycles. The van der Waals surface area contributed by atoms with Gasteiger partial charge >= 0.3 is 5.97 Å². The van der Waals surface area contributed by atoms with Crippen LogP contribution in [0.4, 0.5) is 11.4 Å². The summed E-state index contributed by atoms with van der Waals surface area (Å²) in [6, 6.07) is 15.8. The third-order valence-corrected chi connectivity index (χ3v) is 4.99. The lowest BCUT2D eigenvalue weighted by Gasteiger charge is -2.42. The van der Waals surface area contributed by atoms with Gasteiger partial charge in [0.2, 0.25) is 11.7 Å². The van der Waals surface area contributed by atoms with Gasteiger partial charge in [-0.05, 0) is 45.0 Å². The monoisotopic (exact) mass is 392 g/mol. The normalized spacial score (nSPS) is 16.1. The maximum absolute atomic E-state index is 13.2. The summed E-state index contributed by atoms with van der Waals surface area (Å²) in [5.74, 6) is -1.54. The van der Waals surface area contributed by atoms with E-state index < -0.39 is 23.5 Å². The van der Waals surface area contributed by atoms with Gasteiger partial charge in [0.05, 0.1) is 11.4 Å². The molecule has 1 aliphatic rings. The van der Waals surface area contributed by atoms with Gasteiger partial charge in [0, 0.05) is 5.39 Å². The fourth-order valence-corrected chi connectivity index (χ4v) is 3.38. The maximum Gasteiger partial charge on any atom is 0.375 e. The SMILES string of the molecule is C[C@@H](OC(=O)c1cc2ccccc2o1)C(=O)N1c2ccccc2NC(=O)C1(C)C. The predicted molar refractivity (Wildman–Crippen MR) is 108 cm³/mol. The van der Waals surface area contributed by atoms with Crippen LogP contribution in [0.25, 0.3) is 11.0 Å². The molecule has 0 saturated carbocycles. The molecule has 148 valence electrons. The van der Waals surface area contributed by atoms with Crippen LogP contribution in [0.15, 0.2) is 59.0 Å². The number of hydrogen-bond acceptors (Lipinski definition) is 5. The van der Waals surface area contributed by atoms with Gasteiger partial charge < -0.3 is 14.5 Å². The maximum atomic E-state index is 13.2. The van der Waals surface area contributed by atoms with E-state index in [9.17, 15) is 14.4 Å². The number of carbonyl (C=O) groups excluding carboxylic acids is 3. The Balaban J connectivity index is 1.60. The third kappa shape index (κ3) is 3.14. The first kappa shape index (κ1) is 18.7. The van der Waals surface area contributed by atoms with Crippen molar-refractivity contribution in [1.82, 2.24) is 0 Å². The first-order valence-electron chi connectivity index (χ1n) is 9.23. The summed E-state index contributed by atoms with van der Waals surface area (Å²) in [6.07, 6.45) is -1.12. The first-order chi connectivity index (χ1) is 13.8. The second kappa shape index (κ2) is 6.77. The molecule has 2 aromatic carbocycles. The van der Waals surface area contributed by atoms with Crippen LogP contribution < -0.4 is 10.2 Å². The Kier molecular flexibility index (Phi) is 4.38. The van der Waals surface area contributed by atoms with Crippen LogP contribution in [0, 0.1) is 0 Å². The Morgan fingerprint density at radius 1 is 1.10 bits per heavy atom. The summed E-state index contributed by atoms with van der Waals surface area (Å²) in [5.41, 5.74) is 0.488. The van der Waals surface area contributed by atoms with E-state index in [1.807, 2.05) is 12.1 Å². The topological polar surface area (TPSA) is 88.8 Å². The molecule has 0 fully saturated rings. The van der Waals surface area contributed by atoms with Crippen molar-refractivity contribution in [3.05, 3.63) is 60.4 Å². The number of amides is 2. The van der Waals surface area contributed by atoms with Gasteiger partial charge in [-0.3, -0.25) is 14.5 Å². The van der Waals surface area contributed by atoms with Crippen LogP contribution in [0.5, 0.6) is 0 Å². The molecule has 0 radical (unpaired) electrons. The van der Waals surface area contributed by atoms with E-state index in [0.717, 1.165) is 5.39 Å². The molecule has 0 bridgehead atoms. The van der Waals surface area contributed by atoms with Crippen molar-refractivity contribution < 1.29 is 23.5 Å². The molecule has 2 heterocycles. The number of carbonyl (C=O) groups is 3. The minimum absolute atomic E-state index is 0.0156. The van der Waals surface area contributed by atoms with E-state index in [1.54, 1.807) is 56.3 Å². The summed E-state index contributed by atoms with van der Waals surface area (Å²) >= 11 is 0. The molecule has 4 rings (SSSR count). The highest BCUT2D eigenvalue weighted by Gasteiger charge is 2.45. The second-order valence-electron chi connectivity index (χ2n) is 7.40. The summed E-state index contributed by atoms with van der Waals surface area (Å²) in [6.45, 7) is 4.77. The third-order valence-electron chi connectivity index (χ3n) is 4.99.